The summed E-state index contributed by atoms with van der Waals surface area (Å²) < 4.78 is 12.6. The maximum Gasteiger partial charge on any atom is 0.317 e. The van der Waals surface area contributed by atoms with Gasteiger partial charge in [-0.05, 0) is 37.1 Å². The molecule has 2 aliphatic rings. The minimum absolute atomic E-state index is 0.151. The summed E-state index contributed by atoms with van der Waals surface area (Å²) in [6.45, 7) is 9.62. The van der Waals surface area contributed by atoms with Gasteiger partial charge in [-0.1, -0.05) is 13.8 Å². The average molecular weight is 450 g/mol. The molecule has 0 spiro atoms. The lowest BCUT2D eigenvalue weighted by Gasteiger charge is -2.43. The predicted molar refractivity (Wildman–Crippen MR) is 126 cm³/mol. The number of rotatable bonds is 8. The molecule has 1 aromatic carbocycles. The SMILES string of the molecule is CCP(=O)(CC)NC(=N)c1ccc(N2CCN(C3CCN(CC(=O)O)CC3)CC2)cc1. The highest BCUT2D eigenvalue weighted by atomic mass is 31.2. The molecule has 2 fully saturated rings. The van der Waals surface area contributed by atoms with Gasteiger partial charge in [0, 0.05) is 68.9 Å². The van der Waals surface area contributed by atoms with Crippen LogP contribution in [0.3, 0.4) is 0 Å². The van der Waals surface area contributed by atoms with E-state index in [0.717, 1.165) is 63.4 Å². The number of carboxylic acid groups (broad SMARTS) is 1. The number of hydrogen-bond donors (Lipinski definition) is 3. The first kappa shape index (κ1) is 23.8. The van der Waals surface area contributed by atoms with Crippen molar-refractivity contribution in [3.8, 4) is 0 Å². The van der Waals surface area contributed by atoms with Gasteiger partial charge in [0.2, 0.25) is 0 Å². The minimum atomic E-state index is -2.50. The number of amidine groups is 1. The van der Waals surface area contributed by atoms with Crippen molar-refractivity contribution in [2.45, 2.75) is 32.7 Å². The fraction of sp³-hybridized carbons (Fsp3) is 0.636. The van der Waals surface area contributed by atoms with Crippen LogP contribution in [0.5, 0.6) is 0 Å². The van der Waals surface area contributed by atoms with Crippen molar-refractivity contribution in [1.82, 2.24) is 14.9 Å². The molecule has 0 aromatic heterocycles. The van der Waals surface area contributed by atoms with Crippen LogP contribution < -0.4 is 9.99 Å². The maximum absolute atomic E-state index is 12.6. The van der Waals surface area contributed by atoms with Gasteiger partial charge in [0.25, 0.3) is 0 Å². The molecular weight excluding hydrogens is 413 g/mol. The zero-order chi connectivity index (χ0) is 22.4. The van der Waals surface area contributed by atoms with Gasteiger partial charge >= 0.3 is 5.97 Å². The molecule has 0 unspecified atom stereocenters. The van der Waals surface area contributed by atoms with Crippen LogP contribution in [-0.4, -0.2) is 90.9 Å². The monoisotopic (exact) mass is 449 g/mol. The topological polar surface area (TPSA) is 100.0 Å². The molecule has 2 aliphatic heterocycles. The van der Waals surface area contributed by atoms with Crippen LogP contribution >= 0.6 is 7.29 Å². The van der Waals surface area contributed by atoms with Crippen LogP contribution in [0.2, 0.25) is 0 Å². The number of aliphatic carboxylic acids is 1. The van der Waals surface area contributed by atoms with Crippen LogP contribution in [0.1, 0.15) is 32.3 Å². The third kappa shape index (κ3) is 6.31. The molecule has 172 valence electrons. The van der Waals surface area contributed by atoms with Crippen molar-refractivity contribution < 1.29 is 14.5 Å². The number of nitrogens with zero attached hydrogens (tertiary/aromatic N) is 3. The standard InChI is InChI=1S/C22H36N5O3P/c1-3-31(30,4-2)24-22(23)18-5-7-19(8-6-18)26-13-15-27(16-14-26)20-9-11-25(12-10-20)17-21(28)29/h5-8,20H,3-4,9-17H2,1-2H3,(H,28,29)(H2,23,24,30). The summed E-state index contributed by atoms with van der Waals surface area (Å²) in [6.07, 6.45) is 3.17. The predicted octanol–water partition coefficient (Wildman–Crippen LogP) is 2.59. The van der Waals surface area contributed by atoms with Gasteiger partial charge in [-0.25, -0.2) is 0 Å². The number of hydrogen-bond acceptors (Lipinski definition) is 6. The van der Waals surface area contributed by atoms with E-state index in [9.17, 15) is 9.36 Å². The molecule has 9 heteroatoms. The van der Waals surface area contributed by atoms with E-state index in [1.807, 2.05) is 30.9 Å². The number of piperidine rings is 1. The van der Waals surface area contributed by atoms with Gasteiger partial charge in [-0.15, -0.1) is 0 Å². The highest BCUT2D eigenvalue weighted by molar-refractivity contribution is 7.62. The van der Waals surface area contributed by atoms with Crippen molar-refractivity contribution in [1.29, 1.82) is 5.41 Å². The molecule has 3 N–H and O–H groups in total. The van der Waals surface area contributed by atoms with Crippen molar-refractivity contribution in [2.24, 2.45) is 0 Å². The van der Waals surface area contributed by atoms with Gasteiger partial charge in [0.15, 0.2) is 7.29 Å². The van der Waals surface area contributed by atoms with E-state index in [-0.39, 0.29) is 12.4 Å². The molecule has 0 radical (unpaired) electrons. The molecule has 2 saturated heterocycles. The van der Waals surface area contributed by atoms with Gasteiger partial charge in [-0.3, -0.25) is 20.0 Å². The number of piperazine rings is 1. The highest BCUT2D eigenvalue weighted by Gasteiger charge is 2.28. The van der Waals surface area contributed by atoms with E-state index in [1.165, 1.54) is 0 Å². The Labute approximate surface area is 185 Å². The third-order valence-corrected chi connectivity index (χ3v) is 9.28. The Morgan fingerprint density at radius 1 is 1.06 bits per heavy atom. The van der Waals surface area contributed by atoms with Crippen LogP contribution in [0.4, 0.5) is 5.69 Å². The Kier molecular flexibility index (Phi) is 8.14. The lowest BCUT2D eigenvalue weighted by atomic mass is 10.0. The van der Waals surface area contributed by atoms with E-state index in [0.29, 0.717) is 18.4 Å². The largest absolute Gasteiger partial charge is 0.480 e. The quantitative estimate of drug-likeness (QED) is 0.319. The second-order valence-corrected chi connectivity index (χ2v) is 11.7. The third-order valence-electron chi connectivity index (χ3n) is 6.60. The van der Waals surface area contributed by atoms with Gasteiger partial charge in [0.05, 0.1) is 6.54 Å². The second-order valence-electron chi connectivity index (χ2n) is 8.48. The van der Waals surface area contributed by atoms with Crippen molar-refractivity contribution >= 4 is 24.8 Å². The van der Waals surface area contributed by atoms with Crippen LogP contribution in [-0.2, 0) is 9.36 Å². The van der Waals surface area contributed by atoms with Crippen molar-refractivity contribution in [3.05, 3.63) is 29.8 Å². The summed E-state index contributed by atoms with van der Waals surface area (Å²) in [6, 6.07) is 8.52. The molecule has 3 rings (SSSR count). The number of carboxylic acids is 1. The normalized spacial score (nSPS) is 19.4. The fourth-order valence-electron chi connectivity index (χ4n) is 4.47. The lowest BCUT2D eigenvalue weighted by Crippen LogP contribution is -2.53. The smallest absolute Gasteiger partial charge is 0.317 e. The van der Waals surface area contributed by atoms with Crippen molar-refractivity contribution in [3.63, 3.8) is 0 Å². The zero-order valence-corrected chi connectivity index (χ0v) is 19.6. The lowest BCUT2D eigenvalue weighted by molar-refractivity contribution is -0.138. The van der Waals surface area contributed by atoms with Gasteiger partial charge in [0.1, 0.15) is 5.84 Å². The maximum atomic E-state index is 12.6. The summed E-state index contributed by atoms with van der Waals surface area (Å²) >= 11 is 0. The van der Waals surface area contributed by atoms with E-state index in [2.05, 4.69) is 27.0 Å². The number of nitrogens with one attached hydrogen (secondary N) is 2. The Morgan fingerprint density at radius 2 is 1.65 bits per heavy atom. The molecule has 2 heterocycles. The molecule has 1 aromatic rings. The van der Waals surface area contributed by atoms with Crippen LogP contribution in [0, 0.1) is 5.41 Å². The highest BCUT2D eigenvalue weighted by Crippen LogP contribution is 2.39. The van der Waals surface area contributed by atoms with Crippen molar-refractivity contribution in [2.75, 3.05) is 63.0 Å². The fourth-order valence-corrected chi connectivity index (χ4v) is 5.77. The first-order valence-corrected chi connectivity index (χ1v) is 13.4. The Balaban J connectivity index is 1.48. The van der Waals surface area contributed by atoms with E-state index in [1.54, 1.807) is 0 Å². The summed E-state index contributed by atoms with van der Waals surface area (Å²) in [5.74, 6) is -0.508. The molecular formula is C22H36N5O3P. The Bertz CT molecular complexity index is 792. The summed E-state index contributed by atoms with van der Waals surface area (Å²) in [4.78, 5) is 17.8. The molecule has 0 atom stereocenters. The Hall–Kier alpha value is -1.89. The summed E-state index contributed by atoms with van der Waals surface area (Å²) in [7, 11) is -2.50. The first-order valence-electron chi connectivity index (χ1n) is 11.3. The van der Waals surface area contributed by atoms with Gasteiger partial charge in [-0.2, -0.15) is 0 Å². The molecule has 31 heavy (non-hydrogen) atoms. The molecule has 0 bridgehead atoms. The number of anilines is 1. The first-order chi connectivity index (χ1) is 14.8. The molecule has 0 amide bonds. The van der Waals surface area contributed by atoms with Crippen LogP contribution in [0.15, 0.2) is 24.3 Å². The average Bonchev–Trinajstić information content (AvgIpc) is 2.79. The summed E-state index contributed by atoms with van der Waals surface area (Å²) in [5, 5.41) is 20.2. The number of carbonyl (C=O) groups is 1. The zero-order valence-electron chi connectivity index (χ0n) is 18.7. The van der Waals surface area contributed by atoms with Crippen LogP contribution in [0.25, 0.3) is 0 Å². The van der Waals surface area contributed by atoms with E-state index in [4.69, 9.17) is 10.5 Å². The number of benzene rings is 1. The summed E-state index contributed by atoms with van der Waals surface area (Å²) in [5.41, 5.74) is 1.92. The molecule has 8 nitrogen and oxygen atoms in total. The molecule has 0 aliphatic carbocycles. The van der Waals surface area contributed by atoms with E-state index >= 15 is 0 Å². The second kappa shape index (κ2) is 10.6. The Morgan fingerprint density at radius 3 is 2.16 bits per heavy atom. The van der Waals surface area contributed by atoms with E-state index < -0.39 is 13.3 Å². The van der Waals surface area contributed by atoms with Gasteiger partial charge < -0.3 is 19.7 Å². The minimum Gasteiger partial charge on any atom is -0.480 e. The molecule has 0 saturated carbocycles. The number of likely N-dealkylation sites (tertiary alicyclic amines) is 1.